The number of rotatable bonds is 4. The fourth-order valence-electron chi connectivity index (χ4n) is 2.43. The number of carbonyl (C=O) groups excluding carboxylic acids is 1. The van der Waals surface area contributed by atoms with Gasteiger partial charge in [0.05, 0.1) is 6.07 Å². The van der Waals surface area contributed by atoms with E-state index < -0.39 is 17.3 Å². The zero-order chi connectivity index (χ0) is 14.4. The highest BCUT2D eigenvalue weighted by Crippen LogP contribution is 2.27. The van der Waals surface area contributed by atoms with E-state index in [0.29, 0.717) is 12.8 Å². The van der Waals surface area contributed by atoms with Crippen LogP contribution in [0.5, 0.6) is 5.75 Å². The molecule has 0 heterocycles. The lowest BCUT2D eigenvalue weighted by molar-refractivity contribution is -0.124. The molecule has 20 heavy (non-hydrogen) atoms. The predicted octanol–water partition coefficient (Wildman–Crippen LogP) is 2.55. The number of amides is 1. The second-order valence-electron chi connectivity index (χ2n) is 5.02. The van der Waals surface area contributed by atoms with Gasteiger partial charge in [0.25, 0.3) is 5.91 Å². The van der Waals surface area contributed by atoms with Crippen molar-refractivity contribution in [3.8, 4) is 11.8 Å². The largest absolute Gasteiger partial charge is 0.481 e. The van der Waals surface area contributed by atoms with Gasteiger partial charge in [-0.15, -0.1) is 0 Å². The summed E-state index contributed by atoms with van der Waals surface area (Å²) in [5.74, 6) is -0.859. The first-order valence-corrected chi connectivity index (χ1v) is 6.75. The molecule has 0 unspecified atom stereocenters. The minimum absolute atomic E-state index is 0.0392. The molecule has 1 aromatic carbocycles. The van der Waals surface area contributed by atoms with Gasteiger partial charge in [-0.3, -0.25) is 4.79 Å². The molecule has 0 bridgehead atoms. The van der Waals surface area contributed by atoms with Crippen LogP contribution in [0, 0.1) is 17.1 Å². The Labute approximate surface area is 117 Å². The van der Waals surface area contributed by atoms with Crippen molar-refractivity contribution in [2.24, 2.45) is 0 Å². The van der Waals surface area contributed by atoms with E-state index in [9.17, 15) is 14.4 Å². The Morgan fingerprint density at radius 1 is 1.35 bits per heavy atom. The first kappa shape index (κ1) is 14.3. The number of para-hydroxylation sites is 1. The summed E-state index contributed by atoms with van der Waals surface area (Å²) < 4.78 is 18.5. The van der Waals surface area contributed by atoms with Crippen molar-refractivity contribution in [3.05, 3.63) is 30.1 Å². The fourth-order valence-corrected chi connectivity index (χ4v) is 2.43. The van der Waals surface area contributed by atoms with Crippen molar-refractivity contribution in [1.82, 2.24) is 5.32 Å². The molecule has 0 saturated heterocycles. The lowest BCUT2D eigenvalue weighted by Gasteiger charge is -2.31. The van der Waals surface area contributed by atoms with Gasteiger partial charge in [0.15, 0.2) is 18.2 Å². The molecular weight excluding hydrogens is 259 g/mol. The summed E-state index contributed by atoms with van der Waals surface area (Å²) in [4.78, 5) is 11.9. The molecule has 4 nitrogen and oxygen atoms in total. The average Bonchev–Trinajstić information content (AvgIpc) is 2.47. The quantitative estimate of drug-likeness (QED) is 0.919. The number of hydrogen-bond donors (Lipinski definition) is 1. The van der Waals surface area contributed by atoms with Crippen LogP contribution in [0.2, 0.25) is 0 Å². The van der Waals surface area contributed by atoms with Gasteiger partial charge >= 0.3 is 0 Å². The van der Waals surface area contributed by atoms with Crippen LogP contribution >= 0.6 is 0 Å². The molecule has 0 atom stereocenters. The first-order valence-electron chi connectivity index (χ1n) is 6.75. The summed E-state index contributed by atoms with van der Waals surface area (Å²) in [6.07, 6.45) is 4.28. The Balaban J connectivity index is 1.89. The van der Waals surface area contributed by atoms with Crippen molar-refractivity contribution in [3.63, 3.8) is 0 Å². The zero-order valence-corrected chi connectivity index (χ0v) is 11.2. The lowest BCUT2D eigenvalue weighted by Crippen LogP contribution is -2.50. The molecule has 1 amide bonds. The van der Waals surface area contributed by atoms with Gasteiger partial charge < -0.3 is 10.1 Å². The maximum Gasteiger partial charge on any atom is 0.259 e. The van der Waals surface area contributed by atoms with Crippen LogP contribution in [0.15, 0.2) is 24.3 Å². The van der Waals surface area contributed by atoms with E-state index in [1.807, 2.05) is 0 Å². The highest BCUT2D eigenvalue weighted by atomic mass is 19.1. The predicted molar refractivity (Wildman–Crippen MR) is 71.5 cm³/mol. The third-order valence-corrected chi connectivity index (χ3v) is 3.50. The van der Waals surface area contributed by atoms with Crippen molar-refractivity contribution >= 4 is 5.91 Å². The second kappa shape index (κ2) is 6.38. The number of hydrogen-bond acceptors (Lipinski definition) is 3. The van der Waals surface area contributed by atoms with Crippen LogP contribution in [-0.2, 0) is 4.79 Å². The summed E-state index contributed by atoms with van der Waals surface area (Å²) in [5.41, 5.74) is -0.784. The monoisotopic (exact) mass is 276 g/mol. The van der Waals surface area contributed by atoms with E-state index in [4.69, 9.17) is 4.74 Å². The SMILES string of the molecule is N#CC1(NC(=O)COc2ccccc2F)CCCCC1. The van der Waals surface area contributed by atoms with Gasteiger partial charge in [0.1, 0.15) is 5.54 Å². The molecular formula is C15H17FN2O2. The number of nitrogens with one attached hydrogen (secondary N) is 1. The zero-order valence-electron chi connectivity index (χ0n) is 11.2. The van der Waals surface area contributed by atoms with Gasteiger partial charge in [-0.05, 0) is 25.0 Å². The fraction of sp³-hybridized carbons (Fsp3) is 0.467. The Kier molecular flexibility index (Phi) is 4.57. The molecule has 106 valence electrons. The van der Waals surface area contributed by atoms with E-state index in [1.165, 1.54) is 12.1 Å². The Bertz CT molecular complexity index is 519. The Morgan fingerprint density at radius 3 is 2.70 bits per heavy atom. The summed E-state index contributed by atoms with van der Waals surface area (Å²) in [5, 5.41) is 12.0. The molecule has 1 aromatic rings. The number of benzene rings is 1. The normalized spacial score (nSPS) is 17.0. The highest BCUT2D eigenvalue weighted by Gasteiger charge is 2.33. The van der Waals surface area contributed by atoms with Crippen LogP contribution in [0.4, 0.5) is 4.39 Å². The van der Waals surface area contributed by atoms with Crippen LogP contribution < -0.4 is 10.1 Å². The topological polar surface area (TPSA) is 62.1 Å². The van der Waals surface area contributed by atoms with Crippen molar-refractivity contribution in [2.45, 2.75) is 37.6 Å². The summed E-state index contributed by atoms with van der Waals surface area (Å²) in [6.45, 7) is -0.287. The standard InChI is InChI=1S/C15H17FN2O2/c16-12-6-2-3-7-13(12)20-10-14(19)18-15(11-17)8-4-1-5-9-15/h2-3,6-7H,1,4-5,8-10H2,(H,18,19). The molecule has 1 aliphatic rings. The molecule has 0 aromatic heterocycles. The van der Waals surface area contributed by atoms with Crippen LogP contribution in [0.25, 0.3) is 0 Å². The molecule has 1 saturated carbocycles. The molecule has 1 fully saturated rings. The third kappa shape index (κ3) is 3.47. The summed E-state index contributed by atoms with van der Waals surface area (Å²) >= 11 is 0. The van der Waals surface area contributed by atoms with Gasteiger partial charge in [-0.25, -0.2) is 4.39 Å². The highest BCUT2D eigenvalue weighted by molar-refractivity contribution is 5.78. The van der Waals surface area contributed by atoms with Crippen LogP contribution in [0.3, 0.4) is 0 Å². The van der Waals surface area contributed by atoms with Crippen molar-refractivity contribution in [2.75, 3.05) is 6.61 Å². The van der Waals surface area contributed by atoms with E-state index >= 15 is 0 Å². The number of carbonyl (C=O) groups is 1. The summed E-state index contributed by atoms with van der Waals surface area (Å²) in [6, 6.07) is 8.11. The molecule has 0 aliphatic heterocycles. The van der Waals surface area contributed by atoms with Crippen LogP contribution in [-0.4, -0.2) is 18.1 Å². The smallest absolute Gasteiger partial charge is 0.259 e. The van der Waals surface area contributed by atoms with E-state index in [0.717, 1.165) is 19.3 Å². The number of nitriles is 1. The third-order valence-electron chi connectivity index (χ3n) is 3.50. The first-order chi connectivity index (χ1) is 9.65. The van der Waals surface area contributed by atoms with Gasteiger partial charge in [0, 0.05) is 0 Å². The van der Waals surface area contributed by atoms with Crippen molar-refractivity contribution in [1.29, 1.82) is 5.26 Å². The van der Waals surface area contributed by atoms with E-state index in [1.54, 1.807) is 12.1 Å². The minimum atomic E-state index is -0.784. The maximum absolute atomic E-state index is 13.3. The van der Waals surface area contributed by atoms with Crippen LogP contribution in [0.1, 0.15) is 32.1 Å². The molecule has 0 radical (unpaired) electrons. The van der Waals surface area contributed by atoms with E-state index in [-0.39, 0.29) is 12.4 Å². The second-order valence-corrected chi connectivity index (χ2v) is 5.02. The molecule has 2 rings (SSSR count). The van der Waals surface area contributed by atoms with Gasteiger partial charge in [0.2, 0.25) is 0 Å². The average molecular weight is 276 g/mol. The number of nitrogens with zero attached hydrogens (tertiary/aromatic N) is 1. The number of ether oxygens (including phenoxy) is 1. The van der Waals surface area contributed by atoms with E-state index in [2.05, 4.69) is 11.4 Å². The summed E-state index contributed by atoms with van der Waals surface area (Å²) in [7, 11) is 0. The molecule has 0 spiro atoms. The van der Waals surface area contributed by atoms with Gasteiger partial charge in [-0.1, -0.05) is 31.4 Å². The Hall–Kier alpha value is -2.09. The minimum Gasteiger partial charge on any atom is -0.481 e. The maximum atomic E-state index is 13.3. The Morgan fingerprint density at radius 2 is 2.05 bits per heavy atom. The lowest BCUT2D eigenvalue weighted by atomic mass is 9.83. The van der Waals surface area contributed by atoms with Gasteiger partial charge in [-0.2, -0.15) is 5.26 Å². The van der Waals surface area contributed by atoms with Crippen molar-refractivity contribution < 1.29 is 13.9 Å². The molecule has 1 aliphatic carbocycles. The molecule has 1 N–H and O–H groups in total. The molecule has 5 heteroatoms. The number of halogens is 1.